The Kier molecular flexibility index (Phi) is 3.79. The molecule has 0 spiro atoms. The quantitative estimate of drug-likeness (QED) is 0.844. The summed E-state index contributed by atoms with van der Waals surface area (Å²) in [5.74, 6) is -0.746. The fourth-order valence-corrected chi connectivity index (χ4v) is 2.89. The highest BCUT2D eigenvalue weighted by Crippen LogP contribution is 2.39. The van der Waals surface area contributed by atoms with Gasteiger partial charge in [0.25, 0.3) is 0 Å². The Morgan fingerprint density at radius 2 is 1.94 bits per heavy atom. The van der Waals surface area contributed by atoms with Crippen molar-refractivity contribution in [2.24, 2.45) is 5.92 Å². The molecule has 1 aromatic rings. The van der Waals surface area contributed by atoms with Crippen LogP contribution in [-0.4, -0.2) is 22.3 Å². The van der Waals surface area contributed by atoms with Gasteiger partial charge in [0, 0.05) is 12.3 Å². The molecule has 3 atom stereocenters. The van der Waals surface area contributed by atoms with Crippen LogP contribution in [0.25, 0.3) is 0 Å². The standard InChI is InChI=1S/C14H18O3/c15-12-8-4-7-11(9-13(16)17)14(12)10-5-2-1-3-6-10/h1-3,5-6,11-12,14-15H,4,7-9H2,(H,16,17). The Balaban J connectivity index is 2.22. The molecule has 0 saturated heterocycles. The zero-order chi connectivity index (χ0) is 12.3. The van der Waals surface area contributed by atoms with E-state index in [4.69, 9.17) is 5.11 Å². The second kappa shape index (κ2) is 5.32. The third-order valence-corrected chi connectivity index (χ3v) is 3.62. The molecule has 0 bridgehead atoms. The Bertz CT molecular complexity index is 374. The number of hydrogen-bond acceptors (Lipinski definition) is 2. The molecule has 3 unspecified atom stereocenters. The second-order valence-corrected chi connectivity index (χ2v) is 4.79. The highest BCUT2D eigenvalue weighted by atomic mass is 16.4. The van der Waals surface area contributed by atoms with Crippen molar-refractivity contribution in [1.29, 1.82) is 0 Å². The maximum atomic E-state index is 10.9. The highest BCUT2D eigenvalue weighted by Gasteiger charge is 2.34. The Hall–Kier alpha value is -1.35. The number of aliphatic carboxylic acids is 1. The lowest BCUT2D eigenvalue weighted by Crippen LogP contribution is -2.31. The molecule has 1 fully saturated rings. The highest BCUT2D eigenvalue weighted by molar-refractivity contribution is 5.67. The fraction of sp³-hybridized carbons (Fsp3) is 0.500. The number of benzene rings is 1. The van der Waals surface area contributed by atoms with Crippen LogP contribution in [0.2, 0.25) is 0 Å². The third-order valence-electron chi connectivity index (χ3n) is 3.62. The van der Waals surface area contributed by atoms with Gasteiger partial charge in [-0.25, -0.2) is 0 Å². The zero-order valence-electron chi connectivity index (χ0n) is 9.75. The number of carbonyl (C=O) groups is 1. The average Bonchev–Trinajstić information content (AvgIpc) is 2.29. The number of aliphatic hydroxyl groups is 1. The van der Waals surface area contributed by atoms with Crippen LogP contribution >= 0.6 is 0 Å². The first-order chi connectivity index (χ1) is 8.18. The van der Waals surface area contributed by atoms with E-state index in [1.807, 2.05) is 30.3 Å². The largest absolute Gasteiger partial charge is 0.481 e. The summed E-state index contributed by atoms with van der Waals surface area (Å²) in [6.07, 6.45) is 2.33. The number of carboxylic acids is 1. The van der Waals surface area contributed by atoms with Gasteiger partial charge >= 0.3 is 5.97 Å². The van der Waals surface area contributed by atoms with E-state index in [0.29, 0.717) is 0 Å². The number of carboxylic acid groups (broad SMARTS) is 1. The topological polar surface area (TPSA) is 57.5 Å². The van der Waals surface area contributed by atoms with Gasteiger partial charge in [0.15, 0.2) is 0 Å². The van der Waals surface area contributed by atoms with Gasteiger partial charge < -0.3 is 10.2 Å². The van der Waals surface area contributed by atoms with E-state index >= 15 is 0 Å². The van der Waals surface area contributed by atoms with Crippen molar-refractivity contribution in [3.8, 4) is 0 Å². The molecule has 0 radical (unpaired) electrons. The summed E-state index contributed by atoms with van der Waals surface area (Å²) in [5.41, 5.74) is 1.06. The summed E-state index contributed by atoms with van der Waals surface area (Å²) in [5, 5.41) is 19.0. The van der Waals surface area contributed by atoms with Crippen molar-refractivity contribution in [3.05, 3.63) is 35.9 Å². The summed E-state index contributed by atoms with van der Waals surface area (Å²) < 4.78 is 0. The molecule has 0 heterocycles. The molecule has 0 aliphatic heterocycles. The third kappa shape index (κ3) is 2.86. The lowest BCUT2D eigenvalue weighted by molar-refractivity contribution is -0.138. The Morgan fingerprint density at radius 1 is 1.24 bits per heavy atom. The fourth-order valence-electron chi connectivity index (χ4n) is 2.89. The maximum absolute atomic E-state index is 10.9. The average molecular weight is 234 g/mol. The Morgan fingerprint density at radius 3 is 2.59 bits per heavy atom. The first-order valence-electron chi connectivity index (χ1n) is 6.13. The van der Waals surface area contributed by atoms with E-state index in [9.17, 15) is 9.90 Å². The van der Waals surface area contributed by atoms with Gasteiger partial charge in [-0.05, 0) is 24.3 Å². The molecule has 17 heavy (non-hydrogen) atoms. The van der Waals surface area contributed by atoms with Gasteiger partial charge in [-0.15, -0.1) is 0 Å². The molecular weight excluding hydrogens is 216 g/mol. The predicted molar refractivity (Wildman–Crippen MR) is 64.8 cm³/mol. The van der Waals surface area contributed by atoms with Gasteiger partial charge in [-0.3, -0.25) is 4.79 Å². The van der Waals surface area contributed by atoms with Gasteiger partial charge in [0.05, 0.1) is 6.10 Å². The van der Waals surface area contributed by atoms with E-state index in [2.05, 4.69) is 0 Å². The van der Waals surface area contributed by atoms with Crippen LogP contribution in [-0.2, 0) is 4.79 Å². The second-order valence-electron chi connectivity index (χ2n) is 4.79. The number of aliphatic hydroxyl groups excluding tert-OH is 1. The van der Waals surface area contributed by atoms with E-state index in [-0.39, 0.29) is 18.3 Å². The number of rotatable bonds is 3. The van der Waals surface area contributed by atoms with Crippen molar-refractivity contribution >= 4 is 5.97 Å². The van der Waals surface area contributed by atoms with Crippen molar-refractivity contribution in [2.75, 3.05) is 0 Å². The summed E-state index contributed by atoms with van der Waals surface area (Å²) in [6.45, 7) is 0. The van der Waals surface area contributed by atoms with Crippen molar-refractivity contribution < 1.29 is 15.0 Å². The SMILES string of the molecule is O=C(O)CC1CCCC(O)C1c1ccccc1. The first kappa shape index (κ1) is 12.1. The van der Waals surface area contributed by atoms with Crippen LogP contribution in [0.4, 0.5) is 0 Å². The van der Waals surface area contributed by atoms with E-state index < -0.39 is 12.1 Å². The molecule has 1 aliphatic carbocycles. The summed E-state index contributed by atoms with van der Waals surface area (Å²) >= 11 is 0. The van der Waals surface area contributed by atoms with Crippen LogP contribution in [0.3, 0.4) is 0 Å². The van der Waals surface area contributed by atoms with Crippen molar-refractivity contribution in [3.63, 3.8) is 0 Å². The lowest BCUT2D eigenvalue weighted by Gasteiger charge is -2.35. The predicted octanol–water partition coefficient (Wildman–Crippen LogP) is 2.41. The van der Waals surface area contributed by atoms with Crippen molar-refractivity contribution in [2.45, 2.75) is 37.7 Å². The molecule has 2 rings (SSSR count). The van der Waals surface area contributed by atoms with Crippen LogP contribution in [0, 0.1) is 5.92 Å². The monoisotopic (exact) mass is 234 g/mol. The van der Waals surface area contributed by atoms with E-state index in [0.717, 1.165) is 24.8 Å². The minimum absolute atomic E-state index is 0.0268. The van der Waals surface area contributed by atoms with E-state index in [1.165, 1.54) is 0 Å². The molecule has 1 aliphatic rings. The molecule has 3 heteroatoms. The van der Waals surface area contributed by atoms with Crippen molar-refractivity contribution in [1.82, 2.24) is 0 Å². The molecule has 0 aromatic heterocycles. The van der Waals surface area contributed by atoms with Gasteiger partial charge in [-0.1, -0.05) is 36.8 Å². The maximum Gasteiger partial charge on any atom is 0.303 e. The van der Waals surface area contributed by atoms with Crippen LogP contribution < -0.4 is 0 Å². The molecule has 92 valence electrons. The Labute approximate surface area is 101 Å². The molecular formula is C14H18O3. The van der Waals surface area contributed by atoms with Crippen LogP contribution in [0.1, 0.15) is 37.2 Å². The minimum Gasteiger partial charge on any atom is -0.481 e. The van der Waals surface area contributed by atoms with Crippen LogP contribution in [0.5, 0.6) is 0 Å². The summed E-state index contributed by atoms with van der Waals surface area (Å²) in [4.78, 5) is 10.9. The normalized spacial score (nSPS) is 28.9. The summed E-state index contributed by atoms with van der Waals surface area (Å²) in [7, 11) is 0. The van der Waals surface area contributed by atoms with Gasteiger partial charge in [-0.2, -0.15) is 0 Å². The molecule has 1 aromatic carbocycles. The zero-order valence-corrected chi connectivity index (χ0v) is 9.75. The molecule has 2 N–H and O–H groups in total. The van der Waals surface area contributed by atoms with Crippen LogP contribution in [0.15, 0.2) is 30.3 Å². The van der Waals surface area contributed by atoms with Gasteiger partial charge in [0.2, 0.25) is 0 Å². The molecule has 0 amide bonds. The number of hydrogen-bond donors (Lipinski definition) is 2. The van der Waals surface area contributed by atoms with Gasteiger partial charge in [0.1, 0.15) is 0 Å². The summed E-state index contributed by atoms with van der Waals surface area (Å²) in [6, 6.07) is 9.77. The molecule has 1 saturated carbocycles. The lowest BCUT2D eigenvalue weighted by atomic mass is 9.72. The van der Waals surface area contributed by atoms with E-state index in [1.54, 1.807) is 0 Å². The smallest absolute Gasteiger partial charge is 0.303 e. The minimum atomic E-state index is -0.773. The first-order valence-corrected chi connectivity index (χ1v) is 6.13. The molecule has 3 nitrogen and oxygen atoms in total.